The maximum Gasteiger partial charge on any atom is 0.111 e. The first-order chi connectivity index (χ1) is 7.72. The second-order valence-electron chi connectivity index (χ2n) is 5.24. The molecule has 1 aromatic heterocycles. The summed E-state index contributed by atoms with van der Waals surface area (Å²) in [6.07, 6.45) is 7.97. The van der Waals surface area contributed by atoms with E-state index in [9.17, 15) is 0 Å². The summed E-state index contributed by atoms with van der Waals surface area (Å²) in [4.78, 5) is 4.54. The van der Waals surface area contributed by atoms with Crippen molar-refractivity contribution in [3.05, 3.63) is 18.2 Å². The lowest BCUT2D eigenvalue weighted by molar-refractivity contribution is 0.235. The molecule has 3 atom stereocenters. The molecule has 1 N–H and O–H groups in total. The molecule has 3 heteroatoms. The van der Waals surface area contributed by atoms with Crippen molar-refractivity contribution in [3.8, 4) is 0 Å². The van der Waals surface area contributed by atoms with Gasteiger partial charge in [0.15, 0.2) is 0 Å². The van der Waals surface area contributed by atoms with Crippen LogP contribution in [0.1, 0.15) is 37.9 Å². The van der Waals surface area contributed by atoms with E-state index in [0.29, 0.717) is 5.92 Å². The van der Waals surface area contributed by atoms with E-state index in [4.69, 9.17) is 0 Å². The van der Waals surface area contributed by atoms with Crippen LogP contribution in [0.5, 0.6) is 0 Å². The Kier molecular flexibility index (Phi) is 3.64. The van der Waals surface area contributed by atoms with Gasteiger partial charge in [0.25, 0.3) is 0 Å². The third kappa shape index (κ3) is 2.29. The van der Waals surface area contributed by atoms with Crippen LogP contribution >= 0.6 is 0 Å². The minimum Gasteiger partial charge on any atom is -0.338 e. The number of hydrogen-bond acceptors (Lipinski definition) is 2. The number of nitrogens with one attached hydrogen (secondary N) is 1. The Morgan fingerprint density at radius 2 is 2.31 bits per heavy atom. The molecule has 0 amide bonds. The van der Waals surface area contributed by atoms with Gasteiger partial charge in [0, 0.05) is 25.4 Å². The van der Waals surface area contributed by atoms with Gasteiger partial charge in [-0.1, -0.05) is 13.3 Å². The highest BCUT2D eigenvalue weighted by Crippen LogP contribution is 2.39. The Hall–Kier alpha value is -0.830. The van der Waals surface area contributed by atoms with Crippen LogP contribution in [0.25, 0.3) is 0 Å². The predicted molar refractivity (Wildman–Crippen MR) is 66.4 cm³/mol. The number of rotatable bonds is 3. The van der Waals surface area contributed by atoms with E-state index < -0.39 is 0 Å². The van der Waals surface area contributed by atoms with Gasteiger partial charge in [-0.15, -0.1) is 0 Å². The van der Waals surface area contributed by atoms with Gasteiger partial charge < -0.3 is 9.88 Å². The lowest BCUT2D eigenvalue weighted by Crippen LogP contribution is -2.31. The van der Waals surface area contributed by atoms with Crippen molar-refractivity contribution < 1.29 is 0 Å². The van der Waals surface area contributed by atoms with E-state index >= 15 is 0 Å². The van der Waals surface area contributed by atoms with Gasteiger partial charge in [0.1, 0.15) is 5.82 Å². The van der Waals surface area contributed by atoms with Gasteiger partial charge in [0.2, 0.25) is 0 Å². The highest BCUT2D eigenvalue weighted by Gasteiger charge is 2.31. The Morgan fingerprint density at radius 1 is 1.50 bits per heavy atom. The zero-order valence-corrected chi connectivity index (χ0v) is 10.6. The largest absolute Gasteiger partial charge is 0.338 e. The maximum absolute atomic E-state index is 4.54. The summed E-state index contributed by atoms with van der Waals surface area (Å²) in [6.45, 7) is 3.48. The standard InChI is InChI=1S/C13H23N3/c1-10-4-5-11(9-14-2)12(8-10)13-15-6-7-16(13)3/h6-7,10-12,14H,4-5,8-9H2,1-3H3. The SMILES string of the molecule is CNCC1CCC(C)CC1c1nccn1C. The van der Waals surface area contributed by atoms with E-state index in [1.54, 1.807) is 0 Å². The molecule has 1 fully saturated rings. The summed E-state index contributed by atoms with van der Waals surface area (Å²) >= 11 is 0. The fourth-order valence-corrected chi connectivity index (χ4v) is 3.00. The van der Waals surface area contributed by atoms with Crippen molar-refractivity contribution in [2.45, 2.75) is 32.1 Å². The van der Waals surface area contributed by atoms with Gasteiger partial charge in [0.05, 0.1) is 0 Å². The number of nitrogens with zero attached hydrogens (tertiary/aromatic N) is 2. The van der Waals surface area contributed by atoms with Crippen LogP contribution in [0.2, 0.25) is 0 Å². The van der Waals surface area contributed by atoms with E-state index in [2.05, 4.69) is 35.0 Å². The minimum atomic E-state index is 0.635. The van der Waals surface area contributed by atoms with Crippen LogP contribution in [0.3, 0.4) is 0 Å². The average Bonchev–Trinajstić information content (AvgIpc) is 2.67. The molecule has 0 aromatic carbocycles. The fourth-order valence-electron chi connectivity index (χ4n) is 3.00. The second-order valence-corrected chi connectivity index (χ2v) is 5.24. The molecule has 16 heavy (non-hydrogen) atoms. The summed E-state index contributed by atoms with van der Waals surface area (Å²) in [5.74, 6) is 3.50. The molecule has 1 aromatic rings. The van der Waals surface area contributed by atoms with Crippen molar-refractivity contribution in [2.24, 2.45) is 18.9 Å². The van der Waals surface area contributed by atoms with Crippen LogP contribution < -0.4 is 5.32 Å². The molecule has 0 bridgehead atoms. The molecule has 0 radical (unpaired) electrons. The first-order valence-corrected chi connectivity index (χ1v) is 6.34. The van der Waals surface area contributed by atoms with Crippen LogP contribution in [-0.2, 0) is 7.05 Å². The second kappa shape index (κ2) is 5.00. The molecule has 3 nitrogen and oxygen atoms in total. The molecule has 1 aliphatic carbocycles. The van der Waals surface area contributed by atoms with Crippen molar-refractivity contribution in [3.63, 3.8) is 0 Å². The third-order valence-corrected chi connectivity index (χ3v) is 3.91. The van der Waals surface area contributed by atoms with Crippen molar-refractivity contribution in [2.75, 3.05) is 13.6 Å². The molecule has 0 aliphatic heterocycles. The molecular weight excluding hydrogens is 198 g/mol. The van der Waals surface area contributed by atoms with E-state index in [-0.39, 0.29) is 0 Å². The molecule has 2 rings (SSSR count). The normalized spacial score (nSPS) is 30.6. The molecule has 1 aliphatic rings. The number of hydrogen-bond donors (Lipinski definition) is 1. The van der Waals surface area contributed by atoms with Gasteiger partial charge in [-0.2, -0.15) is 0 Å². The Balaban J connectivity index is 2.17. The molecule has 3 unspecified atom stereocenters. The van der Waals surface area contributed by atoms with Crippen LogP contribution in [0.15, 0.2) is 12.4 Å². The first-order valence-electron chi connectivity index (χ1n) is 6.34. The summed E-state index contributed by atoms with van der Waals surface area (Å²) in [6, 6.07) is 0. The molecule has 1 heterocycles. The molecular formula is C13H23N3. The van der Waals surface area contributed by atoms with Crippen molar-refractivity contribution in [1.82, 2.24) is 14.9 Å². The minimum absolute atomic E-state index is 0.635. The molecule has 0 saturated heterocycles. The number of imidazole rings is 1. The molecule has 90 valence electrons. The average molecular weight is 221 g/mol. The summed E-state index contributed by atoms with van der Waals surface area (Å²) in [5.41, 5.74) is 0. The smallest absolute Gasteiger partial charge is 0.111 e. The van der Waals surface area contributed by atoms with Gasteiger partial charge in [-0.05, 0) is 38.3 Å². The number of aryl methyl sites for hydroxylation is 1. The van der Waals surface area contributed by atoms with Gasteiger partial charge in [-0.3, -0.25) is 0 Å². The van der Waals surface area contributed by atoms with E-state index in [1.807, 2.05) is 13.2 Å². The Bertz CT molecular complexity index is 332. The van der Waals surface area contributed by atoms with Crippen molar-refractivity contribution >= 4 is 0 Å². The molecule has 0 spiro atoms. The first kappa shape index (κ1) is 11.6. The fraction of sp³-hybridized carbons (Fsp3) is 0.769. The monoisotopic (exact) mass is 221 g/mol. The highest BCUT2D eigenvalue weighted by molar-refractivity contribution is 5.04. The van der Waals surface area contributed by atoms with Crippen LogP contribution in [0, 0.1) is 11.8 Å². The van der Waals surface area contributed by atoms with Crippen LogP contribution in [-0.4, -0.2) is 23.1 Å². The zero-order chi connectivity index (χ0) is 11.5. The lowest BCUT2D eigenvalue weighted by Gasteiger charge is -2.34. The predicted octanol–water partition coefficient (Wildman–Crippen LogP) is 2.16. The van der Waals surface area contributed by atoms with E-state index in [0.717, 1.165) is 18.4 Å². The summed E-state index contributed by atoms with van der Waals surface area (Å²) in [7, 11) is 4.16. The van der Waals surface area contributed by atoms with E-state index in [1.165, 1.54) is 25.1 Å². The summed E-state index contributed by atoms with van der Waals surface area (Å²) in [5, 5.41) is 3.33. The maximum atomic E-state index is 4.54. The highest BCUT2D eigenvalue weighted by atomic mass is 15.0. The van der Waals surface area contributed by atoms with Gasteiger partial charge >= 0.3 is 0 Å². The Labute approximate surface area is 98.3 Å². The quantitative estimate of drug-likeness (QED) is 0.847. The van der Waals surface area contributed by atoms with Crippen LogP contribution in [0.4, 0.5) is 0 Å². The zero-order valence-electron chi connectivity index (χ0n) is 10.6. The Morgan fingerprint density at radius 3 is 2.94 bits per heavy atom. The third-order valence-electron chi connectivity index (χ3n) is 3.91. The number of aromatic nitrogens is 2. The topological polar surface area (TPSA) is 29.9 Å². The summed E-state index contributed by atoms with van der Waals surface area (Å²) < 4.78 is 2.19. The molecule has 1 saturated carbocycles. The van der Waals surface area contributed by atoms with Crippen molar-refractivity contribution in [1.29, 1.82) is 0 Å². The lowest BCUT2D eigenvalue weighted by atomic mass is 9.74. The van der Waals surface area contributed by atoms with Gasteiger partial charge in [-0.25, -0.2) is 4.98 Å².